The Bertz CT molecular complexity index is 369. The van der Waals surface area contributed by atoms with Gasteiger partial charge in [-0.25, -0.2) is 4.98 Å². The van der Waals surface area contributed by atoms with E-state index in [4.69, 9.17) is 5.73 Å². The van der Waals surface area contributed by atoms with Crippen LogP contribution in [0.2, 0.25) is 0 Å². The van der Waals surface area contributed by atoms with Crippen molar-refractivity contribution in [1.82, 2.24) is 10.3 Å². The number of rotatable bonds is 6. The predicted octanol–water partition coefficient (Wildman–Crippen LogP) is 2.72. The lowest BCUT2D eigenvalue weighted by atomic mass is 9.89. The summed E-state index contributed by atoms with van der Waals surface area (Å²) in [4.78, 5) is 16.3. The normalized spacial score (nSPS) is 10.9. The van der Waals surface area contributed by atoms with E-state index in [0.29, 0.717) is 12.2 Å². The molecule has 0 saturated carbocycles. The Labute approximate surface area is 119 Å². The highest BCUT2D eigenvalue weighted by Gasteiger charge is 2.27. The lowest BCUT2D eigenvalue weighted by Gasteiger charge is -2.31. The minimum atomic E-state index is -0.108. The lowest BCUT2D eigenvalue weighted by molar-refractivity contribution is 0.0883. The monoisotopic (exact) mass is 291 g/mol. The number of amides is 1. The van der Waals surface area contributed by atoms with Gasteiger partial charge in [-0.05, 0) is 19.3 Å². The summed E-state index contributed by atoms with van der Waals surface area (Å²) < 4.78 is 0. The van der Waals surface area contributed by atoms with E-state index in [0.717, 1.165) is 24.3 Å². The number of nitrogens with one attached hydrogen (secondary N) is 1. The van der Waals surface area contributed by atoms with Crippen molar-refractivity contribution in [3.8, 4) is 0 Å². The highest BCUT2D eigenvalue weighted by atomic mass is 35.5. The number of hydrogen-bond donors (Lipinski definition) is 2. The molecule has 18 heavy (non-hydrogen) atoms. The third-order valence-electron chi connectivity index (χ3n) is 3.37. The molecule has 0 fully saturated rings. The number of thiazole rings is 1. The number of aromatic nitrogens is 1. The Kier molecular flexibility index (Phi) is 7.43. The highest BCUT2D eigenvalue weighted by Crippen LogP contribution is 2.20. The fraction of sp³-hybridized carbons (Fsp3) is 0.667. The summed E-state index contributed by atoms with van der Waals surface area (Å²) in [5.74, 6) is -0.0912. The highest BCUT2D eigenvalue weighted by molar-refractivity contribution is 7.09. The average molecular weight is 292 g/mol. The largest absolute Gasteiger partial charge is 0.345 e. The summed E-state index contributed by atoms with van der Waals surface area (Å²) >= 11 is 1.43. The first-order chi connectivity index (χ1) is 8.10. The number of nitrogens with zero attached hydrogens (tertiary/aromatic N) is 1. The molecule has 0 aliphatic heterocycles. The predicted molar refractivity (Wildman–Crippen MR) is 78.3 cm³/mol. The summed E-state index contributed by atoms with van der Waals surface area (Å²) in [6, 6.07) is 0. The molecule has 0 unspecified atom stereocenters. The third-order valence-corrected chi connectivity index (χ3v) is 4.24. The summed E-state index contributed by atoms with van der Waals surface area (Å²) in [5.41, 5.74) is 5.86. The number of carbonyl (C=O) groups is 1. The van der Waals surface area contributed by atoms with Crippen molar-refractivity contribution in [3.63, 3.8) is 0 Å². The smallest absolute Gasteiger partial charge is 0.271 e. The average Bonchev–Trinajstić information content (AvgIpc) is 2.85. The van der Waals surface area contributed by atoms with Gasteiger partial charge in [0, 0.05) is 17.5 Å². The minimum absolute atomic E-state index is 0. The maximum atomic E-state index is 12.1. The molecule has 4 nitrogen and oxygen atoms in total. The first-order valence-electron chi connectivity index (χ1n) is 6.07. The van der Waals surface area contributed by atoms with Gasteiger partial charge in [0.25, 0.3) is 5.91 Å². The zero-order valence-electron chi connectivity index (χ0n) is 11.2. The molecule has 1 aromatic heterocycles. The maximum absolute atomic E-state index is 12.1. The first-order valence-corrected chi connectivity index (χ1v) is 6.95. The van der Waals surface area contributed by atoms with Crippen molar-refractivity contribution in [2.24, 2.45) is 5.73 Å². The van der Waals surface area contributed by atoms with E-state index in [-0.39, 0.29) is 23.9 Å². The molecule has 0 saturated heterocycles. The second-order valence-electron chi connectivity index (χ2n) is 4.13. The van der Waals surface area contributed by atoms with E-state index in [1.807, 2.05) is 0 Å². The van der Waals surface area contributed by atoms with E-state index < -0.39 is 0 Å². The quantitative estimate of drug-likeness (QED) is 0.847. The van der Waals surface area contributed by atoms with Gasteiger partial charge in [-0.2, -0.15) is 0 Å². The molecule has 0 aliphatic rings. The van der Waals surface area contributed by atoms with Crippen LogP contribution in [-0.4, -0.2) is 16.4 Å². The van der Waals surface area contributed by atoms with Gasteiger partial charge in [0.1, 0.15) is 10.7 Å². The van der Waals surface area contributed by atoms with Crippen molar-refractivity contribution < 1.29 is 4.79 Å². The number of hydrogen-bond acceptors (Lipinski definition) is 4. The Morgan fingerprint density at radius 1 is 1.39 bits per heavy atom. The van der Waals surface area contributed by atoms with Gasteiger partial charge in [0.05, 0.1) is 0 Å². The Balaban J connectivity index is 0.00000289. The first kappa shape index (κ1) is 17.4. The van der Waals surface area contributed by atoms with Crippen LogP contribution in [-0.2, 0) is 6.54 Å². The van der Waals surface area contributed by atoms with Crippen molar-refractivity contribution in [2.75, 3.05) is 0 Å². The number of halogens is 1. The van der Waals surface area contributed by atoms with Gasteiger partial charge in [-0.1, -0.05) is 20.8 Å². The summed E-state index contributed by atoms with van der Waals surface area (Å²) in [6.07, 6.45) is 2.79. The van der Waals surface area contributed by atoms with Crippen molar-refractivity contribution in [3.05, 3.63) is 16.1 Å². The van der Waals surface area contributed by atoms with Gasteiger partial charge >= 0.3 is 0 Å². The Hall–Kier alpha value is -0.650. The van der Waals surface area contributed by atoms with Gasteiger partial charge < -0.3 is 11.1 Å². The molecule has 0 aromatic carbocycles. The van der Waals surface area contributed by atoms with E-state index in [1.165, 1.54) is 11.3 Å². The molecule has 0 radical (unpaired) electrons. The van der Waals surface area contributed by atoms with Gasteiger partial charge in [-0.3, -0.25) is 4.79 Å². The molecule has 1 amide bonds. The fourth-order valence-electron chi connectivity index (χ4n) is 1.83. The van der Waals surface area contributed by atoms with Crippen LogP contribution in [0.5, 0.6) is 0 Å². The zero-order chi connectivity index (χ0) is 12.9. The molecule has 0 aliphatic carbocycles. The van der Waals surface area contributed by atoms with Crippen LogP contribution in [0.1, 0.15) is 55.5 Å². The molecular weight excluding hydrogens is 270 g/mol. The van der Waals surface area contributed by atoms with Gasteiger partial charge in [0.2, 0.25) is 0 Å². The van der Waals surface area contributed by atoms with Gasteiger partial charge in [-0.15, -0.1) is 23.7 Å². The van der Waals surface area contributed by atoms with Crippen LogP contribution in [0.3, 0.4) is 0 Å². The van der Waals surface area contributed by atoms with Crippen LogP contribution >= 0.6 is 23.7 Å². The zero-order valence-corrected chi connectivity index (χ0v) is 12.8. The molecule has 104 valence electrons. The number of nitrogens with two attached hydrogens (primary N) is 1. The molecule has 3 N–H and O–H groups in total. The molecule has 1 heterocycles. The van der Waals surface area contributed by atoms with Crippen LogP contribution in [0.4, 0.5) is 0 Å². The van der Waals surface area contributed by atoms with E-state index >= 15 is 0 Å². The fourth-order valence-corrected chi connectivity index (χ4v) is 2.48. The summed E-state index contributed by atoms with van der Waals surface area (Å²) in [5, 5.41) is 5.66. The SMILES string of the molecule is CCC(CC)(CC)NC(=O)c1csc(CN)n1.Cl. The lowest BCUT2D eigenvalue weighted by Crippen LogP contribution is -2.47. The molecule has 1 rings (SSSR count). The second kappa shape index (κ2) is 7.71. The van der Waals surface area contributed by atoms with Crippen molar-refractivity contribution >= 4 is 29.7 Å². The van der Waals surface area contributed by atoms with E-state index in [2.05, 4.69) is 31.1 Å². The Morgan fingerprint density at radius 2 is 1.94 bits per heavy atom. The van der Waals surface area contributed by atoms with Crippen LogP contribution in [0, 0.1) is 0 Å². The van der Waals surface area contributed by atoms with Gasteiger partial charge in [0.15, 0.2) is 0 Å². The van der Waals surface area contributed by atoms with E-state index in [1.54, 1.807) is 5.38 Å². The van der Waals surface area contributed by atoms with E-state index in [9.17, 15) is 4.79 Å². The number of carbonyl (C=O) groups excluding carboxylic acids is 1. The molecule has 1 aromatic rings. The Morgan fingerprint density at radius 3 is 2.33 bits per heavy atom. The van der Waals surface area contributed by atoms with Crippen molar-refractivity contribution in [2.45, 2.75) is 52.1 Å². The molecule has 0 atom stereocenters. The second-order valence-corrected chi connectivity index (χ2v) is 5.07. The molecular formula is C12H22ClN3OS. The van der Waals surface area contributed by atoms with Crippen LogP contribution in [0.15, 0.2) is 5.38 Å². The summed E-state index contributed by atoms with van der Waals surface area (Å²) in [6.45, 7) is 6.68. The van der Waals surface area contributed by atoms with Crippen LogP contribution < -0.4 is 11.1 Å². The third kappa shape index (κ3) is 3.93. The van der Waals surface area contributed by atoms with Crippen molar-refractivity contribution in [1.29, 1.82) is 0 Å². The molecule has 6 heteroatoms. The standard InChI is InChI=1S/C12H21N3OS.ClH/c1-4-12(5-2,6-3)15-11(16)9-8-17-10(7-13)14-9;/h8H,4-7,13H2,1-3H3,(H,15,16);1H. The molecule has 0 bridgehead atoms. The van der Waals surface area contributed by atoms with Crippen LogP contribution in [0.25, 0.3) is 0 Å². The topological polar surface area (TPSA) is 68.0 Å². The minimum Gasteiger partial charge on any atom is -0.345 e. The maximum Gasteiger partial charge on any atom is 0.271 e. The summed E-state index contributed by atoms with van der Waals surface area (Å²) in [7, 11) is 0. The molecule has 0 spiro atoms.